The average molecular weight is 303 g/mol. The Kier molecular flexibility index (Phi) is 10.2. The molecular weight excluding hydrogens is 270 g/mol. The van der Waals surface area contributed by atoms with E-state index in [1.807, 2.05) is 0 Å². The van der Waals surface area contributed by atoms with Crippen LogP contribution in [0, 0.1) is 5.92 Å². The van der Waals surface area contributed by atoms with E-state index in [1.165, 1.54) is 6.42 Å². The van der Waals surface area contributed by atoms with Crippen molar-refractivity contribution in [2.45, 2.75) is 44.6 Å². The van der Waals surface area contributed by atoms with Crippen LogP contribution in [0.2, 0.25) is 0 Å². The van der Waals surface area contributed by atoms with Gasteiger partial charge in [-0.1, -0.05) is 13.3 Å². The van der Waals surface area contributed by atoms with Crippen LogP contribution in [0.5, 0.6) is 0 Å². The summed E-state index contributed by atoms with van der Waals surface area (Å²) in [5.41, 5.74) is -0.505. The lowest BCUT2D eigenvalue weighted by molar-refractivity contribution is -0.0110. The van der Waals surface area contributed by atoms with Crippen molar-refractivity contribution >= 4 is 0 Å². The summed E-state index contributed by atoms with van der Waals surface area (Å²) >= 11 is 0. The van der Waals surface area contributed by atoms with Gasteiger partial charge in [0.2, 0.25) is 0 Å². The highest BCUT2D eigenvalue weighted by molar-refractivity contribution is 4.86. The highest BCUT2D eigenvalue weighted by Gasteiger charge is 2.31. The third-order valence-corrected chi connectivity index (χ3v) is 4.29. The molecule has 0 unspecified atom stereocenters. The third kappa shape index (κ3) is 8.73. The molecule has 0 atom stereocenters. The van der Waals surface area contributed by atoms with Crippen molar-refractivity contribution < 1.29 is 19.3 Å². The summed E-state index contributed by atoms with van der Waals surface area (Å²) in [5, 5.41) is 13.8. The molecule has 0 aromatic rings. The highest BCUT2D eigenvalue weighted by Crippen LogP contribution is 2.33. The van der Waals surface area contributed by atoms with Crippen molar-refractivity contribution in [3.8, 4) is 0 Å². The van der Waals surface area contributed by atoms with Gasteiger partial charge in [-0.15, -0.1) is 0 Å². The van der Waals surface area contributed by atoms with Crippen molar-refractivity contribution in [1.29, 1.82) is 0 Å². The smallest absolute Gasteiger partial charge is 0.0771 e. The first-order valence-electron chi connectivity index (χ1n) is 8.27. The van der Waals surface area contributed by atoms with Gasteiger partial charge in [0, 0.05) is 20.2 Å². The Morgan fingerprint density at radius 1 is 1.05 bits per heavy atom. The Hall–Kier alpha value is -0.200. The van der Waals surface area contributed by atoms with Gasteiger partial charge in [0.1, 0.15) is 0 Å². The van der Waals surface area contributed by atoms with Crippen molar-refractivity contribution in [3.63, 3.8) is 0 Å². The number of methoxy groups -OCH3 is 1. The predicted octanol–water partition coefficient (Wildman–Crippen LogP) is 1.59. The number of rotatable bonds is 12. The van der Waals surface area contributed by atoms with Gasteiger partial charge in [0.05, 0.1) is 38.6 Å². The second-order valence-corrected chi connectivity index (χ2v) is 5.97. The Labute approximate surface area is 129 Å². The second kappa shape index (κ2) is 11.4. The van der Waals surface area contributed by atoms with Crippen LogP contribution < -0.4 is 5.32 Å². The molecular formula is C16H33NO4. The lowest BCUT2D eigenvalue weighted by Crippen LogP contribution is -2.44. The first-order valence-corrected chi connectivity index (χ1v) is 8.27. The third-order valence-electron chi connectivity index (χ3n) is 4.29. The fourth-order valence-corrected chi connectivity index (χ4v) is 2.73. The van der Waals surface area contributed by atoms with Gasteiger partial charge in [0.25, 0.3) is 0 Å². The molecule has 0 amide bonds. The van der Waals surface area contributed by atoms with Crippen LogP contribution in [0.4, 0.5) is 0 Å². The molecule has 1 rings (SSSR count). The second-order valence-electron chi connectivity index (χ2n) is 5.97. The van der Waals surface area contributed by atoms with Crippen molar-refractivity contribution in [3.05, 3.63) is 0 Å². The standard InChI is InChI=1S/C16H33NO4/c1-3-15-4-6-16(18,7-5-15)14-17-8-9-20-12-13-21-11-10-19-2/h15,17-18H,3-14H2,1-2H3. The van der Waals surface area contributed by atoms with Crippen molar-refractivity contribution in [1.82, 2.24) is 5.32 Å². The summed E-state index contributed by atoms with van der Waals surface area (Å²) < 4.78 is 15.6. The number of nitrogens with one attached hydrogen (secondary N) is 1. The normalized spacial score (nSPS) is 26.1. The average Bonchev–Trinajstić information content (AvgIpc) is 2.50. The summed E-state index contributed by atoms with van der Waals surface area (Å²) in [6.45, 7) is 6.79. The Bertz CT molecular complexity index is 242. The van der Waals surface area contributed by atoms with Crippen LogP contribution in [0.15, 0.2) is 0 Å². The van der Waals surface area contributed by atoms with Crippen LogP contribution >= 0.6 is 0 Å². The van der Waals surface area contributed by atoms with Gasteiger partial charge < -0.3 is 24.6 Å². The maximum absolute atomic E-state index is 10.5. The quantitative estimate of drug-likeness (QED) is 0.536. The molecule has 0 aromatic carbocycles. The van der Waals surface area contributed by atoms with E-state index >= 15 is 0 Å². The van der Waals surface area contributed by atoms with Crippen LogP contribution in [0.3, 0.4) is 0 Å². The number of hydrogen-bond acceptors (Lipinski definition) is 5. The zero-order valence-corrected chi connectivity index (χ0v) is 13.7. The predicted molar refractivity (Wildman–Crippen MR) is 83.6 cm³/mol. The van der Waals surface area contributed by atoms with E-state index in [1.54, 1.807) is 7.11 Å². The van der Waals surface area contributed by atoms with Gasteiger partial charge >= 0.3 is 0 Å². The molecule has 0 radical (unpaired) electrons. The van der Waals surface area contributed by atoms with Crippen LogP contribution in [-0.4, -0.2) is 63.9 Å². The first-order chi connectivity index (χ1) is 10.2. The minimum Gasteiger partial charge on any atom is -0.389 e. The Morgan fingerprint density at radius 3 is 2.29 bits per heavy atom. The molecule has 0 bridgehead atoms. The molecule has 0 aromatic heterocycles. The molecule has 0 heterocycles. The van der Waals surface area contributed by atoms with Gasteiger partial charge in [0.15, 0.2) is 0 Å². The molecule has 21 heavy (non-hydrogen) atoms. The van der Waals surface area contributed by atoms with Crippen molar-refractivity contribution in [2.75, 3.05) is 53.2 Å². The van der Waals surface area contributed by atoms with E-state index < -0.39 is 5.60 Å². The number of ether oxygens (including phenoxy) is 3. The maximum atomic E-state index is 10.5. The van der Waals surface area contributed by atoms with Gasteiger partial charge in [-0.25, -0.2) is 0 Å². The summed E-state index contributed by atoms with van der Waals surface area (Å²) in [7, 11) is 1.66. The molecule has 1 aliphatic carbocycles. The van der Waals surface area contributed by atoms with E-state index in [2.05, 4.69) is 12.2 Å². The van der Waals surface area contributed by atoms with Gasteiger partial charge in [-0.05, 0) is 31.6 Å². The van der Waals surface area contributed by atoms with Gasteiger partial charge in [-0.3, -0.25) is 0 Å². The van der Waals surface area contributed by atoms with E-state index in [-0.39, 0.29) is 0 Å². The highest BCUT2D eigenvalue weighted by atomic mass is 16.5. The zero-order valence-electron chi connectivity index (χ0n) is 13.7. The number of aliphatic hydroxyl groups is 1. The van der Waals surface area contributed by atoms with Crippen LogP contribution in [0.25, 0.3) is 0 Å². The molecule has 1 fully saturated rings. The summed E-state index contributed by atoms with van der Waals surface area (Å²) in [5.74, 6) is 0.812. The SMILES string of the molecule is CCC1CCC(O)(CNCCOCCOCCOC)CC1. The minimum absolute atomic E-state index is 0.505. The van der Waals surface area contributed by atoms with Crippen LogP contribution in [0.1, 0.15) is 39.0 Å². The summed E-state index contributed by atoms with van der Waals surface area (Å²) in [4.78, 5) is 0. The van der Waals surface area contributed by atoms with E-state index in [9.17, 15) is 5.11 Å². The molecule has 126 valence electrons. The molecule has 1 aliphatic rings. The first kappa shape index (κ1) is 18.8. The van der Waals surface area contributed by atoms with Crippen LogP contribution in [-0.2, 0) is 14.2 Å². The summed E-state index contributed by atoms with van der Waals surface area (Å²) in [6, 6.07) is 0. The maximum Gasteiger partial charge on any atom is 0.0771 e. The van der Waals surface area contributed by atoms with Gasteiger partial charge in [-0.2, -0.15) is 0 Å². The lowest BCUT2D eigenvalue weighted by Gasteiger charge is -2.36. The molecule has 5 nitrogen and oxygen atoms in total. The van der Waals surface area contributed by atoms with E-state index in [0.29, 0.717) is 39.6 Å². The topological polar surface area (TPSA) is 60.0 Å². The van der Waals surface area contributed by atoms with E-state index in [0.717, 1.165) is 38.1 Å². The molecule has 0 aliphatic heterocycles. The fraction of sp³-hybridized carbons (Fsp3) is 1.00. The molecule has 0 spiro atoms. The Balaban J connectivity index is 1.90. The number of hydrogen-bond donors (Lipinski definition) is 2. The zero-order chi connectivity index (χ0) is 15.4. The fourth-order valence-electron chi connectivity index (χ4n) is 2.73. The Morgan fingerprint density at radius 2 is 1.67 bits per heavy atom. The molecule has 2 N–H and O–H groups in total. The molecule has 5 heteroatoms. The van der Waals surface area contributed by atoms with Crippen molar-refractivity contribution in [2.24, 2.45) is 5.92 Å². The largest absolute Gasteiger partial charge is 0.389 e. The van der Waals surface area contributed by atoms with E-state index in [4.69, 9.17) is 14.2 Å². The summed E-state index contributed by atoms with van der Waals surface area (Å²) in [6.07, 6.45) is 5.40. The lowest BCUT2D eigenvalue weighted by atomic mass is 9.78. The molecule has 1 saturated carbocycles. The minimum atomic E-state index is -0.505. The monoisotopic (exact) mass is 303 g/mol. The molecule has 0 saturated heterocycles.